The van der Waals surface area contributed by atoms with Crippen LogP contribution >= 0.6 is 0 Å². The zero-order valence-corrected chi connectivity index (χ0v) is 27.2. The molecule has 7 aromatic carbocycles. The first-order chi connectivity index (χ1) is 24.8. The van der Waals surface area contributed by atoms with Crippen LogP contribution < -0.4 is 0 Å². The summed E-state index contributed by atoms with van der Waals surface area (Å²) in [5, 5.41) is 5.01. The van der Waals surface area contributed by atoms with Crippen LogP contribution in [0.1, 0.15) is 0 Å². The van der Waals surface area contributed by atoms with Crippen LogP contribution in [-0.2, 0) is 0 Å². The fraction of sp³-hybridized carbons (Fsp3) is 0. The number of hydrogen-bond donors (Lipinski definition) is 0. The number of para-hydroxylation sites is 3. The first-order valence-corrected chi connectivity index (χ1v) is 17.0. The summed E-state index contributed by atoms with van der Waals surface area (Å²) in [6.07, 6.45) is 1.96. The highest BCUT2D eigenvalue weighted by molar-refractivity contribution is 6.12. The third-order valence-corrected chi connectivity index (χ3v) is 9.98. The van der Waals surface area contributed by atoms with Crippen LogP contribution in [0.3, 0.4) is 0 Å². The van der Waals surface area contributed by atoms with Crippen molar-refractivity contribution in [2.45, 2.75) is 0 Å². The molecule has 3 heterocycles. The minimum Gasteiger partial charge on any atom is -0.309 e. The zero-order valence-electron chi connectivity index (χ0n) is 27.2. The van der Waals surface area contributed by atoms with E-state index in [0.717, 1.165) is 22.5 Å². The average molecular weight is 638 g/mol. The molecule has 0 N–H and O–H groups in total. The Kier molecular flexibility index (Phi) is 6.49. The Morgan fingerprint density at radius 3 is 1.32 bits per heavy atom. The standard InChI is InChI=1S/C47H31N3/c1-3-11-32(12-4-1)36-21-26-43(48-31-36)33-19-24-38(25-20-33)50-45-18-10-8-16-40(45)42-30-35(23-28-47(42)50)34-22-27-46-41(29-34)39-15-7-9-17-44(39)49(46)37-13-5-2-6-14-37/h1-31H. The van der Waals surface area contributed by atoms with Crippen molar-refractivity contribution in [1.29, 1.82) is 0 Å². The van der Waals surface area contributed by atoms with E-state index in [1.165, 1.54) is 66.0 Å². The van der Waals surface area contributed by atoms with Crippen molar-refractivity contribution in [2.24, 2.45) is 0 Å². The van der Waals surface area contributed by atoms with Crippen LogP contribution in [0, 0.1) is 0 Å². The summed E-state index contributed by atoms with van der Waals surface area (Å²) >= 11 is 0. The van der Waals surface area contributed by atoms with Gasteiger partial charge in [0.2, 0.25) is 0 Å². The monoisotopic (exact) mass is 637 g/mol. The Balaban J connectivity index is 1.05. The van der Waals surface area contributed by atoms with Crippen LogP contribution in [0.5, 0.6) is 0 Å². The van der Waals surface area contributed by atoms with Crippen LogP contribution in [0.15, 0.2) is 188 Å². The molecule has 50 heavy (non-hydrogen) atoms. The maximum atomic E-state index is 4.80. The van der Waals surface area contributed by atoms with Crippen molar-refractivity contribution < 1.29 is 0 Å². The van der Waals surface area contributed by atoms with Gasteiger partial charge in [0.1, 0.15) is 0 Å². The van der Waals surface area contributed by atoms with Crippen molar-refractivity contribution in [3.05, 3.63) is 188 Å². The van der Waals surface area contributed by atoms with Gasteiger partial charge >= 0.3 is 0 Å². The zero-order chi connectivity index (χ0) is 33.0. The molecule has 234 valence electrons. The summed E-state index contributed by atoms with van der Waals surface area (Å²) in [4.78, 5) is 4.80. The molecule has 0 aliphatic heterocycles. The molecule has 0 bridgehead atoms. The van der Waals surface area contributed by atoms with Gasteiger partial charge in [-0.3, -0.25) is 4.98 Å². The molecule has 3 nitrogen and oxygen atoms in total. The summed E-state index contributed by atoms with van der Waals surface area (Å²) in [6.45, 7) is 0. The summed E-state index contributed by atoms with van der Waals surface area (Å²) in [5.41, 5.74) is 13.9. The van der Waals surface area contributed by atoms with E-state index < -0.39 is 0 Å². The number of hydrogen-bond acceptors (Lipinski definition) is 1. The van der Waals surface area contributed by atoms with Gasteiger partial charge in [0, 0.05) is 50.2 Å². The number of pyridine rings is 1. The second kappa shape index (κ2) is 11.5. The Labute approximate surface area is 290 Å². The van der Waals surface area contributed by atoms with E-state index in [1.807, 2.05) is 12.3 Å². The third-order valence-electron chi connectivity index (χ3n) is 9.98. The van der Waals surface area contributed by atoms with Crippen LogP contribution in [-0.4, -0.2) is 14.1 Å². The van der Waals surface area contributed by atoms with Gasteiger partial charge in [0.15, 0.2) is 0 Å². The Morgan fingerprint density at radius 1 is 0.300 bits per heavy atom. The minimum absolute atomic E-state index is 0.965. The van der Waals surface area contributed by atoms with E-state index >= 15 is 0 Å². The highest BCUT2D eigenvalue weighted by Gasteiger charge is 2.16. The summed E-state index contributed by atoms with van der Waals surface area (Å²) < 4.78 is 4.74. The second-order valence-corrected chi connectivity index (χ2v) is 12.8. The Hall–Kier alpha value is -6.71. The number of aromatic nitrogens is 3. The van der Waals surface area contributed by atoms with Gasteiger partial charge in [0.25, 0.3) is 0 Å². The molecule has 0 radical (unpaired) electrons. The lowest BCUT2D eigenvalue weighted by Crippen LogP contribution is -1.94. The normalized spacial score (nSPS) is 11.6. The molecule has 0 saturated carbocycles. The number of fused-ring (bicyclic) bond motifs is 6. The fourth-order valence-electron chi connectivity index (χ4n) is 7.59. The molecule has 0 spiro atoms. The van der Waals surface area contributed by atoms with Crippen LogP contribution in [0.2, 0.25) is 0 Å². The molecule has 0 atom stereocenters. The van der Waals surface area contributed by atoms with E-state index in [9.17, 15) is 0 Å². The maximum absolute atomic E-state index is 4.80. The molecular weight excluding hydrogens is 607 g/mol. The summed E-state index contributed by atoms with van der Waals surface area (Å²) in [7, 11) is 0. The molecule has 10 aromatic rings. The first-order valence-electron chi connectivity index (χ1n) is 17.0. The van der Waals surface area contributed by atoms with Gasteiger partial charge < -0.3 is 9.13 Å². The van der Waals surface area contributed by atoms with E-state index in [2.05, 4.69) is 185 Å². The van der Waals surface area contributed by atoms with Gasteiger partial charge in [-0.1, -0.05) is 115 Å². The van der Waals surface area contributed by atoms with E-state index in [1.54, 1.807) is 0 Å². The summed E-state index contributed by atoms with van der Waals surface area (Å²) in [6, 6.07) is 65.3. The van der Waals surface area contributed by atoms with Gasteiger partial charge in [-0.25, -0.2) is 0 Å². The molecule has 0 amide bonds. The fourth-order valence-corrected chi connectivity index (χ4v) is 7.59. The molecule has 0 unspecified atom stereocenters. The van der Waals surface area contributed by atoms with E-state index in [-0.39, 0.29) is 0 Å². The van der Waals surface area contributed by atoms with Crippen LogP contribution in [0.4, 0.5) is 0 Å². The highest BCUT2D eigenvalue weighted by Crippen LogP contribution is 2.38. The van der Waals surface area contributed by atoms with Crippen molar-refractivity contribution in [2.75, 3.05) is 0 Å². The molecule has 0 fully saturated rings. The number of nitrogens with zero attached hydrogens (tertiary/aromatic N) is 3. The van der Waals surface area contributed by atoms with Crippen molar-refractivity contribution in [1.82, 2.24) is 14.1 Å². The Morgan fingerprint density at radius 2 is 0.760 bits per heavy atom. The van der Waals surface area contributed by atoms with E-state index in [4.69, 9.17) is 4.98 Å². The van der Waals surface area contributed by atoms with Gasteiger partial charge in [-0.15, -0.1) is 0 Å². The predicted molar refractivity (Wildman–Crippen MR) is 209 cm³/mol. The van der Waals surface area contributed by atoms with E-state index in [0.29, 0.717) is 0 Å². The van der Waals surface area contributed by atoms with Gasteiger partial charge in [0.05, 0.1) is 27.8 Å². The van der Waals surface area contributed by atoms with Gasteiger partial charge in [-0.05, 0) is 83.4 Å². The van der Waals surface area contributed by atoms with Crippen molar-refractivity contribution >= 4 is 43.6 Å². The SMILES string of the molecule is c1ccc(-c2ccc(-c3ccc(-n4c5ccccc5c5cc(-c6ccc7c(c6)c6ccccc6n7-c6ccccc6)ccc54)cc3)nc2)cc1. The Bertz CT molecular complexity index is 2830. The van der Waals surface area contributed by atoms with Crippen molar-refractivity contribution in [3.63, 3.8) is 0 Å². The molecule has 0 aliphatic rings. The predicted octanol–water partition coefficient (Wildman–Crippen LogP) is 12.3. The lowest BCUT2D eigenvalue weighted by Gasteiger charge is -2.10. The van der Waals surface area contributed by atoms with Crippen molar-refractivity contribution in [3.8, 4) is 44.9 Å². The molecule has 10 rings (SSSR count). The average Bonchev–Trinajstić information content (AvgIpc) is 3.71. The molecule has 3 heteroatoms. The largest absolute Gasteiger partial charge is 0.309 e. The minimum atomic E-state index is 0.965. The van der Waals surface area contributed by atoms with Crippen LogP contribution in [0.25, 0.3) is 88.5 Å². The maximum Gasteiger partial charge on any atom is 0.0702 e. The second-order valence-electron chi connectivity index (χ2n) is 12.8. The topological polar surface area (TPSA) is 22.8 Å². The van der Waals surface area contributed by atoms with Gasteiger partial charge in [-0.2, -0.15) is 0 Å². The number of benzene rings is 7. The quantitative estimate of drug-likeness (QED) is 0.184. The third kappa shape index (κ3) is 4.56. The molecule has 3 aromatic heterocycles. The molecule has 0 aliphatic carbocycles. The smallest absolute Gasteiger partial charge is 0.0702 e. The highest BCUT2D eigenvalue weighted by atomic mass is 15.0. The lowest BCUT2D eigenvalue weighted by molar-refractivity contribution is 1.18. The molecular formula is C47H31N3. The lowest BCUT2D eigenvalue weighted by atomic mass is 10.0. The number of rotatable bonds is 5. The summed E-state index contributed by atoms with van der Waals surface area (Å²) in [5.74, 6) is 0. The first kappa shape index (κ1) is 28.3. The molecule has 0 saturated heterocycles.